The molecule has 1 aromatic rings. The summed E-state index contributed by atoms with van der Waals surface area (Å²) >= 11 is 0. The van der Waals surface area contributed by atoms with E-state index in [-0.39, 0.29) is 30.2 Å². The van der Waals surface area contributed by atoms with E-state index in [0.29, 0.717) is 12.0 Å². The number of carbonyl (C=O) groups excluding carboxylic acids is 2. The minimum atomic E-state index is -0.232. The first-order chi connectivity index (χ1) is 10.9. The molecule has 0 saturated heterocycles. The van der Waals surface area contributed by atoms with Crippen LogP contribution in [0.15, 0.2) is 24.3 Å². The maximum atomic E-state index is 12.5. The molecule has 2 N–H and O–H groups in total. The summed E-state index contributed by atoms with van der Waals surface area (Å²) in [6, 6.07) is 8.56. The minimum Gasteiger partial charge on any atom is -0.352 e. The van der Waals surface area contributed by atoms with Crippen LogP contribution >= 0.6 is 0 Å². The van der Waals surface area contributed by atoms with Gasteiger partial charge in [0.15, 0.2) is 0 Å². The molecule has 0 spiro atoms. The van der Waals surface area contributed by atoms with Crippen molar-refractivity contribution in [2.45, 2.75) is 58.4 Å². The molecule has 23 heavy (non-hydrogen) atoms. The smallest absolute Gasteiger partial charge is 0.239 e. The second kappa shape index (κ2) is 7.62. The lowest BCUT2D eigenvalue weighted by Crippen LogP contribution is -2.40. The largest absolute Gasteiger partial charge is 0.352 e. The summed E-state index contributed by atoms with van der Waals surface area (Å²) in [5.74, 6) is 0.236. The second-order valence-electron chi connectivity index (χ2n) is 7.10. The molecule has 1 saturated carbocycles. The lowest BCUT2D eigenvalue weighted by atomic mass is 9.86. The fraction of sp³-hybridized carbons (Fsp3) is 0.579. The summed E-state index contributed by atoms with van der Waals surface area (Å²) in [4.78, 5) is 24.2. The third-order valence-corrected chi connectivity index (χ3v) is 4.28. The average molecular weight is 316 g/mol. The average Bonchev–Trinajstić information content (AvgIpc) is 3.29. The van der Waals surface area contributed by atoms with Crippen LogP contribution in [0.3, 0.4) is 0 Å². The number of hydrogen-bond donors (Lipinski definition) is 2. The SMILES string of the molecule is CC(C)c1ccc(C(C(=O)NCC(=O)NC2CC2)C(C)C)cc1. The molecular weight excluding hydrogens is 288 g/mol. The van der Waals surface area contributed by atoms with Crippen molar-refractivity contribution >= 4 is 11.8 Å². The van der Waals surface area contributed by atoms with E-state index in [1.807, 2.05) is 26.0 Å². The Morgan fingerprint density at radius 2 is 1.61 bits per heavy atom. The van der Waals surface area contributed by atoms with Gasteiger partial charge in [0.1, 0.15) is 0 Å². The van der Waals surface area contributed by atoms with Crippen molar-refractivity contribution in [1.82, 2.24) is 10.6 Å². The van der Waals surface area contributed by atoms with Crippen molar-refractivity contribution in [3.05, 3.63) is 35.4 Å². The summed E-state index contributed by atoms with van der Waals surface area (Å²) in [6.45, 7) is 8.43. The number of hydrogen-bond acceptors (Lipinski definition) is 2. The van der Waals surface area contributed by atoms with Crippen LogP contribution in [-0.4, -0.2) is 24.4 Å². The van der Waals surface area contributed by atoms with Gasteiger partial charge in [-0.25, -0.2) is 0 Å². The minimum absolute atomic E-state index is 0.0582. The molecule has 2 rings (SSSR count). The molecule has 1 aliphatic rings. The third kappa shape index (κ3) is 5.08. The maximum Gasteiger partial charge on any atom is 0.239 e. The van der Waals surface area contributed by atoms with Crippen LogP contribution in [0, 0.1) is 5.92 Å². The Balaban J connectivity index is 1.98. The Kier molecular flexibility index (Phi) is 5.80. The maximum absolute atomic E-state index is 12.5. The molecule has 4 heteroatoms. The molecule has 2 amide bonds. The Morgan fingerprint density at radius 1 is 1.04 bits per heavy atom. The van der Waals surface area contributed by atoms with Gasteiger partial charge in [-0.2, -0.15) is 0 Å². The van der Waals surface area contributed by atoms with E-state index in [1.165, 1.54) is 5.56 Å². The third-order valence-electron chi connectivity index (χ3n) is 4.28. The molecule has 0 bridgehead atoms. The van der Waals surface area contributed by atoms with Crippen LogP contribution in [0.1, 0.15) is 63.5 Å². The van der Waals surface area contributed by atoms with E-state index < -0.39 is 0 Å². The molecule has 1 aromatic carbocycles. The highest BCUT2D eigenvalue weighted by molar-refractivity contribution is 5.88. The van der Waals surface area contributed by atoms with Gasteiger partial charge in [-0.1, -0.05) is 52.0 Å². The number of benzene rings is 1. The highest BCUT2D eigenvalue weighted by atomic mass is 16.2. The lowest BCUT2D eigenvalue weighted by molar-refractivity contribution is -0.127. The first-order valence-electron chi connectivity index (χ1n) is 8.55. The van der Waals surface area contributed by atoms with Crippen molar-refractivity contribution in [2.24, 2.45) is 5.92 Å². The zero-order chi connectivity index (χ0) is 17.0. The van der Waals surface area contributed by atoms with Crippen molar-refractivity contribution < 1.29 is 9.59 Å². The molecule has 0 aromatic heterocycles. The van der Waals surface area contributed by atoms with Gasteiger partial charge in [0.25, 0.3) is 0 Å². The molecular formula is C19H28N2O2. The highest BCUT2D eigenvalue weighted by Crippen LogP contribution is 2.26. The van der Waals surface area contributed by atoms with Crippen molar-refractivity contribution in [2.75, 3.05) is 6.54 Å². The number of rotatable bonds is 7. The Morgan fingerprint density at radius 3 is 2.09 bits per heavy atom. The lowest BCUT2D eigenvalue weighted by Gasteiger charge is -2.21. The van der Waals surface area contributed by atoms with Gasteiger partial charge >= 0.3 is 0 Å². The number of nitrogens with one attached hydrogen (secondary N) is 2. The topological polar surface area (TPSA) is 58.2 Å². The standard InChI is InChI=1S/C19H28N2O2/c1-12(2)14-5-7-15(8-6-14)18(13(3)4)19(23)20-11-17(22)21-16-9-10-16/h5-8,12-13,16,18H,9-11H2,1-4H3,(H,20,23)(H,21,22). The van der Waals surface area contributed by atoms with Crippen LogP contribution in [0.4, 0.5) is 0 Å². The predicted molar refractivity (Wildman–Crippen MR) is 92.3 cm³/mol. The Hall–Kier alpha value is -1.84. The van der Waals surface area contributed by atoms with Crippen LogP contribution < -0.4 is 10.6 Å². The van der Waals surface area contributed by atoms with Gasteiger partial charge in [-0.15, -0.1) is 0 Å². The van der Waals surface area contributed by atoms with Gasteiger partial charge in [0.2, 0.25) is 11.8 Å². The van der Waals surface area contributed by atoms with Crippen LogP contribution in [0.2, 0.25) is 0 Å². The summed E-state index contributed by atoms with van der Waals surface area (Å²) < 4.78 is 0. The van der Waals surface area contributed by atoms with Gasteiger partial charge in [0, 0.05) is 6.04 Å². The second-order valence-corrected chi connectivity index (χ2v) is 7.10. The van der Waals surface area contributed by atoms with Crippen molar-refractivity contribution in [3.63, 3.8) is 0 Å². The summed E-state index contributed by atoms with van der Waals surface area (Å²) in [7, 11) is 0. The van der Waals surface area contributed by atoms with Gasteiger partial charge in [-0.05, 0) is 35.8 Å². The zero-order valence-electron chi connectivity index (χ0n) is 14.6. The molecule has 1 fully saturated rings. The van der Waals surface area contributed by atoms with Gasteiger partial charge in [-0.3, -0.25) is 9.59 Å². The molecule has 0 aliphatic heterocycles. The molecule has 1 aliphatic carbocycles. The molecule has 0 heterocycles. The highest BCUT2D eigenvalue weighted by Gasteiger charge is 2.26. The molecule has 1 atom stereocenters. The van der Waals surface area contributed by atoms with Crippen LogP contribution in [0.5, 0.6) is 0 Å². The van der Waals surface area contributed by atoms with E-state index in [2.05, 4.69) is 36.6 Å². The molecule has 4 nitrogen and oxygen atoms in total. The first kappa shape index (κ1) is 17.5. The summed E-state index contributed by atoms with van der Waals surface area (Å²) in [5.41, 5.74) is 2.27. The molecule has 0 radical (unpaired) electrons. The fourth-order valence-electron chi connectivity index (χ4n) is 2.71. The van der Waals surface area contributed by atoms with E-state index in [0.717, 1.165) is 18.4 Å². The van der Waals surface area contributed by atoms with E-state index in [1.54, 1.807) is 0 Å². The fourth-order valence-corrected chi connectivity index (χ4v) is 2.71. The summed E-state index contributed by atoms with van der Waals surface area (Å²) in [6.07, 6.45) is 2.10. The first-order valence-corrected chi connectivity index (χ1v) is 8.55. The predicted octanol–water partition coefficient (Wildman–Crippen LogP) is 2.94. The van der Waals surface area contributed by atoms with E-state index in [9.17, 15) is 9.59 Å². The molecule has 1 unspecified atom stereocenters. The quantitative estimate of drug-likeness (QED) is 0.812. The number of amides is 2. The van der Waals surface area contributed by atoms with Gasteiger partial charge < -0.3 is 10.6 Å². The van der Waals surface area contributed by atoms with E-state index in [4.69, 9.17) is 0 Å². The van der Waals surface area contributed by atoms with Crippen molar-refractivity contribution in [3.8, 4) is 0 Å². The Labute approximate surface area is 139 Å². The normalized spacial score (nSPS) is 15.6. The zero-order valence-corrected chi connectivity index (χ0v) is 14.6. The summed E-state index contributed by atoms with van der Waals surface area (Å²) in [5, 5.41) is 5.67. The van der Waals surface area contributed by atoms with Crippen molar-refractivity contribution in [1.29, 1.82) is 0 Å². The van der Waals surface area contributed by atoms with Crippen LogP contribution in [0.25, 0.3) is 0 Å². The monoisotopic (exact) mass is 316 g/mol. The van der Waals surface area contributed by atoms with E-state index >= 15 is 0 Å². The van der Waals surface area contributed by atoms with Gasteiger partial charge in [0.05, 0.1) is 12.5 Å². The van der Waals surface area contributed by atoms with Crippen LogP contribution in [-0.2, 0) is 9.59 Å². The number of carbonyl (C=O) groups is 2. The Bertz CT molecular complexity index is 545. The molecule has 126 valence electrons.